The minimum Gasteiger partial charge on any atom is -0.332 e. The van der Waals surface area contributed by atoms with E-state index in [4.69, 9.17) is 23.8 Å². The molecule has 0 spiro atoms. The summed E-state index contributed by atoms with van der Waals surface area (Å²) in [4.78, 5) is 0.0776. The average molecular weight is 448 g/mol. The zero-order valence-corrected chi connectivity index (χ0v) is 17.8. The van der Waals surface area contributed by atoms with Gasteiger partial charge >= 0.3 is 0 Å². The van der Waals surface area contributed by atoms with Crippen molar-refractivity contribution in [3.05, 3.63) is 71.4 Å². The largest absolute Gasteiger partial charge is 0.332 e. The summed E-state index contributed by atoms with van der Waals surface area (Å²) in [6.45, 7) is 2.09. The molecule has 10 heteroatoms. The molecule has 0 unspecified atom stereocenters. The fourth-order valence-electron chi connectivity index (χ4n) is 2.40. The quantitative estimate of drug-likeness (QED) is 0.484. The van der Waals surface area contributed by atoms with Crippen LogP contribution in [0.25, 0.3) is 0 Å². The van der Waals surface area contributed by atoms with Gasteiger partial charge in [-0.25, -0.2) is 8.42 Å². The lowest BCUT2D eigenvalue weighted by Gasteiger charge is -2.12. The average Bonchev–Trinajstić information content (AvgIpc) is 2.70. The highest BCUT2D eigenvalue weighted by Crippen LogP contribution is 2.18. The molecule has 0 radical (unpaired) electrons. The SMILES string of the molecule is CCc1ccc(NC(=S)Nc2ccc(S(=O)(=O)Nc3ccc(Cl)nn3)cc2)cc1. The number of nitrogens with one attached hydrogen (secondary N) is 3. The number of halogens is 1. The number of anilines is 3. The molecule has 0 fully saturated rings. The lowest BCUT2D eigenvalue weighted by Crippen LogP contribution is -2.19. The van der Waals surface area contributed by atoms with Crippen molar-refractivity contribution in [1.29, 1.82) is 0 Å². The Balaban J connectivity index is 1.62. The van der Waals surface area contributed by atoms with Crippen molar-refractivity contribution < 1.29 is 8.42 Å². The van der Waals surface area contributed by atoms with Crippen molar-refractivity contribution in [3.8, 4) is 0 Å². The minimum absolute atomic E-state index is 0.0776. The third-order valence-electron chi connectivity index (χ3n) is 3.91. The molecule has 150 valence electrons. The van der Waals surface area contributed by atoms with Crippen molar-refractivity contribution in [1.82, 2.24) is 10.2 Å². The van der Waals surface area contributed by atoms with Gasteiger partial charge in [0.2, 0.25) is 0 Å². The van der Waals surface area contributed by atoms with Crippen LogP contribution in [0.5, 0.6) is 0 Å². The van der Waals surface area contributed by atoms with Gasteiger partial charge in [0, 0.05) is 11.4 Å². The van der Waals surface area contributed by atoms with Gasteiger partial charge in [-0.05, 0) is 72.7 Å². The molecule has 0 saturated carbocycles. The van der Waals surface area contributed by atoms with Crippen LogP contribution in [0.3, 0.4) is 0 Å². The number of rotatable bonds is 6. The molecule has 0 aliphatic rings. The molecule has 0 amide bonds. The number of hydrogen-bond donors (Lipinski definition) is 3. The van der Waals surface area contributed by atoms with Crippen molar-refractivity contribution in [2.75, 3.05) is 15.4 Å². The third-order valence-corrected chi connectivity index (χ3v) is 5.69. The maximum Gasteiger partial charge on any atom is 0.263 e. The number of benzene rings is 2. The van der Waals surface area contributed by atoms with Crippen molar-refractivity contribution in [3.63, 3.8) is 0 Å². The molecule has 1 aromatic heterocycles. The molecule has 3 rings (SSSR count). The number of sulfonamides is 1. The van der Waals surface area contributed by atoms with E-state index in [1.54, 1.807) is 12.1 Å². The first kappa shape index (κ1) is 21.0. The van der Waals surface area contributed by atoms with Crippen LogP contribution < -0.4 is 15.4 Å². The zero-order chi connectivity index (χ0) is 20.9. The summed E-state index contributed by atoms with van der Waals surface area (Å²) in [5.74, 6) is 0.0797. The number of nitrogens with zero attached hydrogens (tertiary/aromatic N) is 2. The zero-order valence-electron chi connectivity index (χ0n) is 15.4. The molecule has 2 aromatic carbocycles. The Labute approximate surface area is 179 Å². The molecule has 3 aromatic rings. The van der Waals surface area contributed by atoms with Crippen LogP contribution in [0.1, 0.15) is 12.5 Å². The Morgan fingerprint density at radius 2 is 1.52 bits per heavy atom. The van der Waals surface area contributed by atoms with Crippen LogP contribution in [0.2, 0.25) is 5.15 Å². The molecule has 7 nitrogen and oxygen atoms in total. The lowest BCUT2D eigenvalue weighted by molar-refractivity contribution is 0.601. The number of hydrogen-bond acceptors (Lipinski definition) is 5. The maximum absolute atomic E-state index is 12.4. The van der Waals surface area contributed by atoms with Gasteiger partial charge in [-0.15, -0.1) is 10.2 Å². The number of aromatic nitrogens is 2. The Morgan fingerprint density at radius 1 is 0.931 bits per heavy atom. The Morgan fingerprint density at radius 3 is 2.03 bits per heavy atom. The van der Waals surface area contributed by atoms with Crippen LogP contribution in [0.4, 0.5) is 17.2 Å². The minimum atomic E-state index is -3.80. The smallest absolute Gasteiger partial charge is 0.263 e. The first-order chi connectivity index (χ1) is 13.9. The topological polar surface area (TPSA) is 96.0 Å². The summed E-state index contributed by atoms with van der Waals surface area (Å²) in [6, 6.07) is 17.0. The van der Waals surface area contributed by atoms with E-state index in [9.17, 15) is 8.42 Å². The molecule has 29 heavy (non-hydrogen) atoms. The first-order valence-corrected chi connectivity index (χ1v) is 10.9. The molecule has 1 heterocycles. The second-order valence-corrected chi connectivity index (χ2v) is 8.48. The predicted molar refractivity (Wildman–Crippen MR) is 120 cm³/mol. The van der Waals surface area contributed by atoms with Gasteiger partial charge in [0.15, 0.2) is 16.1 Å². The van der Waals surface area contributed by atoms with Crippen molar-refractivity contribution >= 4 is 56.1 Å². The van der Waals surface area contributed by atoms with Gasteiger partial charge in [0.05, 0.1) is 4.90 Å². The summed E-state index contributed by atoms with van der Waals surface area (Å²) < 4.78 is 27.2. The van der Waals surface area contributed by atoms with Gasteiger partial charge in [0.25, 0.3) is 10.0 Å². The monoisotopic (exact) mass is 447 g/mol. The summed E-state index contributed by atoms with van der Waals surface area (Å²) >= 11 is 11.0. The van der Waals surface area contributed by atoms with E-state index in [0.29, 0.717) is 10.8 Å². The van der Waals surface area contributed by atoms with Crippen LogP contribution in [-0.2, 0) is 16.4 Å². The van der Waals surface area contributed by atoms with Gasteiger partial charge in [-0.2, -0.15) is 0 Å². The summed E-state index contributed by atoms with van der Waals surface area (Å²) in [6.07, 6.45) is 0.970. The first-order valence-electron chi connectivity index (χ1n) is 8.65. The molecule has 0 bridgehead atoms. The number of thiocarbonyl (C=S) groups is 1. The Bertz CT molecular complexity index is 1090. The Kier molecular flexibility index (Phi) is 6.63. The van der Waals surface area contributed by atoms with Crippen LogP contribution in [0.15, 0.2) is 65.6 Å². The Hall–Kier alpha value is -2.75. The highest BCUT2D eigenvalue weighted by molar-refractivity contribution is 7.92. The van der Waals surface area contributed by atoms with Crippen LogP contribution in [0, 0.1) is 0 Å². The van der Waals surface area contributed by atoms with Crippen molar-refractivity contribution in [2.45, 2.75) is 18.2 Å². The van der Waals surface area contributed by atoms with Gasteiger partial charge in [-0.1, -0.05) is 30.7 Å². The highest BCUT2D eigenvalue weighted by atomic mass is 35.5. The van der Waals surface area contributed by atoms with Crippen molar-refractivity contribution in [2.24, 2.45) is 0 Å². The molecule has 0 atom stereocenters. The second kappa shape index (κ2) is 9.17. The number of aryl methyl sites for hydroxylation is 1. The van der Waals surface area contributed by atoms with Gasteiger partial charge in [0.1, 0.15) is 0 Å². The predicted octanol–water partition coefficient (Wildman–Crippen LogP) is 4.30. The molecule has 3 N–H and O–H groups in total. The van der Waals surface area contributed by atoms with E-state index in [0.717, 1.165) is 12.1 Å². The molecular weight excluding hydrogens is 430 g/mol. The molecular formula is C19H18ClN5O2S2. The van der Waals surface area contributed by atoms with E-state index in [1.807, 2.05) is 24.3 Å². The molecule has 0 saturated heterocycles. The highest BCUT2D eigenvalue weighted by Gasteiger charge is 2.15. The van der Waals surface area contributed by atoms with Gasteiger partial charge in [-0.3, -0.25) is 4.72 Å². The van der Waals surface area contributed by atoms with Crippen LogP contribution in [-0.4, -0.2) is 23.7 Å². The van der Waals surface area contributed by atoms with E-state index in [-0.39, 0.29) is 15.9 Å². The maximum atomic E-state index is 12.4. The summed E-state index contributed by atoms with van der Waals surface area (Å²) in [7, 11) is -3.80. The second-order valence-electron chi connectivity index (χ2n) is 6.00. The third kappa shape index (κ3) is 5.86. The van der Waals surface area contributed by atoms with E-state index >= 15 is 0 Å². The van der Waals surface area contributed by atoms with E-state index in [1.165, 1.54) is 29.8 Å². The van der Waals surface area contributed by atoms with Crippen LogP contribution >= 0.6 is 23.8 Å². The van der Waals surface area contributed by atoms with E-state index < -0.39 is 10.0 Å². The molecule has 0 aliphatic carbocycles. The fraction of sp³-hybridized carbons (Fsp3) is 0.105. The fourth-order valence-corrected chi connectivity index (χ4v) is 3.73. The summed E-state index contributed by atoms with van der Waals surface area (Å²) in [5.41, 5.74) is 2.76. The lowest BCUT2D eigenvalue weighted by atomic mass is 10.1. The molecule has 0 aliphatic heterocycles. The summed E-state index contributed by atoms with van der Waals surface area (Å²) in [5, 5.41) is 14.0. The normalized spacial score (nSPS) is 11.0. The van der Waals surface area contributed by atoms with Gasteiger partial charge < -0.3 is 10.6 Å². The standard InChI is InChI=1S/C19H18ClN5O2S2/c1-2-13-3-5-14(6-4-13)21-19(28)22-15-7-9-16(10-8-15)29(26,27)25-18-12-11-17(20)23-24-18/h3-12H,2H2,1H3,(H,24,25)(H2,21,22,28). The van der Waals surface area contributed by atoms with E-state index in [2.05, 4.69) is 32.5 Å².